The van der Waals surface area contributed by atoms with E-state index in [9.17, 15) is 35.9 Å². The lowest BCUT2D eigenvalue weighted by Crippen LogP contribution is -2.51. The molecule has 0 spiro atoms. The van der Waals surface area contributed by atoms with Gasteiger partial charge in [-0.2, -0.15) is 26.3 Å². The number of piperidine rings is 1. The van der Waals surface area contributed by atoms with E-state index in [0.717, 1.165) is 0 Å². The minimum Gasteiger partial charge on any atom is -0.345 e. The number of amides is 2. The van der Waals surface area contributed by atoms with Crippen LogP contribution < -0.4 is 5.32 Å². The molecule has 0 aromatic heterocycles. The summed E-state index contributed by atoms with van der Waals surface area (Å²) in [6.07, 6.45) is -10.3. The summed E-state index contributed by atoms with van der Waals surface area (Å²) in [6, 6.07) is -0.883. The molecule has 0 aromatic rings. The van der Waals surface area contributed by atoms with Gasteiger partial charge in [-0.15, -0.1) is 0 Å². The number of hydrogen-bond acceptors (Lipinski definition) is 2. The summed E-state index contributed by atoms with van der Waals surface area (Å²) in [5.74, 6) is -4.15. The first-order valence-corrected chi connectivity index (χ1v) is 5.25. The van der Waals surface area contributed by atoms with Gasteiger partial charge >= 0.3 is 24.2 Å². The fraction of sp³-hybridized carbons (Fsp3) is 0.778. The fourth-order valence-corrected chi connectivity index (χ4v) is 1.67. The maximum Gasteiger partial charge on any atom is 0.471 e. The van der Waals surface area contributed by atoms with Gasteiger partial charge in [0, 0.05) is 19.1 Å². The second-order valence-electron chi connectivity index (χ2n) is 4.04. The molecule has 1 fully saturated rings. The largest absolute Gasteiger partial charge is 0.471 e. The van der Waals surface area contributed by atoms with Gasteiger partial charge in [0.2, 0.25) is 0 Å². The molecule has 2 amide bonds. The third kappa shape index (κ3) is 4.28. The number of carbonyl (C=O) groups excluding carboxylic acids is 2. The van der Waals surface area contributed by atoms with Crippen LogP contribution in [0, 0.1) is 0 Å². The Morgan fingerprint density at radius 2 is 1.42 bits per heavy atom. The van der Waals surface area contributed by atoms with Crippen LogP contribution in [0.15, 0.2) is 0 Å². The first-order chi connectivity index (χ1) is 8.51. The predicted octanol–water partition coefficient (Wildman–Crippen LogP) is 1.22. The van der Waals surface area contributed by atoms with Gasteiger partial charge in [-0.1, -0.05) is 0 Å². The van der Waals surface area contributed by atoms with Crippen LogP contribution in [0.25, 0.3) is 0 Å². The highest BCUT2D eigenvalue weighted by molar-refractivity contribution is 5.83. The maximum atomic E-state index is 12.1. The van der Waals surface area contributed by atoms with Gasteiger partial charge in [0.15, 0.2) is 0 Å². The van der Waals surface area contributed by atoms with Crippen molar-refractivity contribution in [2.45, 2.75) is 31.2 Å². The van der Waals surface area contributed by atoms with Crippen LogP contribution in [0.4, 0.5) is 26.3 Å². The molecule has 1 N–H and O–H groups in total. The summed E-state index contributed by atoms with van der Waals surface area (Å²) in [5, 5.41) is 1.67. The van der Waals surface area contributed by atoms with Crippen molar-refractivity contribution in [3.05, 3.63) is 0 Å². The molecule has 0 unspecified atom stereocenters. The molecule has 10 heteroatoms. The molecule has 1 rings (SSSR count). The van der Waals surface area contributed by atoms with Gasteiger partial charge in [0.25, 0.3) is 0 Å². The smallest absolute Gasteiger partial charge is 0.345 e. The standard InChI is InChI=1S/C9H10F6N2O2/c10-8(11,12)6(18)16-5-1-3-17(4-2-5)7(19)9(13,14)15/h5H,1-4H2,(H,16,18). The van der Waals surface area contributed by atoms with E-state index in [1.54, 1.807) is 5.32 Å². The zero-order valence-corrected chi connectivity index (χ0v) is 9.44. The van der Waals surface area contributed by atoms with Crippen molar-refractivity contribution in [2.24, 2.45) is 0 Å². The Labute approximate surface area is 103 Å². The molecular formula is C9H10F6N2O2. The van der Waals surface area contributed by atoms with Crippen LogP contribution in [-0.4, -0.2) is 48.2 Å². The van der Waals surface area contributed by atoms with E-state index in [1.165, 1.54) is 0 Å². The van der Waals surface area contributed by atoms with Crippen molar-refractivity contribution in [3.63, 3.8) is 0 Å². The molecule has 1 aliphatic heterocycles. The number of hydrogen-bond donors (Lipinski definition) is 1. The van der Waals surface area contributed by atoms with Crippen LogP contribution in [0.1, 0.15) is 12.8 Å². The molecule has 1 aliphatic rings. The summed E-state index contributed by atoms with van der Waals surface area (Å²) < 4.78 is 72.1. The fourth-order valence-electron chi connectivity index (χ4n) is 1.67. The minimum atomic E-state index is -5.03. The Kier molecular flexibility index (Phi) is 4.31. The highest BCUT2D eigenvalue weighted by Gasteiger charge is 2.44. The van der Waals surface area contributed by atoms with Crippen LogP contribution in [0.3, 0.4) is 0 Å². The first kappa shape index (κ1) is 15.6. The van der Waals surface area contributed by atoms with Crippen molar-refractivity contribution in [3.8, 4) is 0 Å². The molecule has 19 heavy (non-hydrogen) atoms. The summed E-state index contributed by atoms with van der Waals surface area (Å²) in [7, 11) is 0. The van der Waals surface area contributed by atoms with E-state index in [-0.39, 0.29) is 25.9 Å². The normalized spacial score (nSPS) is 18.3. The molecule has 110 valence electrons. The molecule has 4 nitrogen and oxygen atoms in total. The van der Waals surface area contributed by atoms with Gasteiger partial charge < -0.3 is 10.2 Å². The molecule has 0 radical (unpaired) electrons. The second-order valence-corrected chi connectivity index (χ2v) is 4.04. The number of nitrogens with one attached hydrogen (secondary N) is 1. The molecule has 0 aromatic carbocycles. The zero-order chi connectivity index (χ0) is 14.8. The Morgan fingerprint density at radius 1 is 0.947 bits per heavy atom. The van der Waals surface area contributed by atoms with Crippen LogP contribution in [0.2, 0.25) is 0 Å². The van der Waals surface area contributed by atoms with Gasteiger partial charge in [-0.05, 0) is 12.8 Å². The molecule has 0 aliphatic carbocycles. The maximum absolute atomic E-state index is 12.1. The van der Waals surface area contributed by atoms with E-state index in [0.29, 0.717) is 4.90 Å². The summed E-state index contributed by atoms with van der Waals surface area (Å²) in [5.41, 5.74) is 0. The Bertz CT molecular complexity index is 357. The first-order valence-electron chi connectivity index (χ1n) is 5.25. The Balaban J connectivity index is 2.46. The van der Waals surface area contributed by atoms with Gasteiger partial charge in [-0.25, -0.2) is 0 Å². The van der Waals surface area contributed by atoms with E-state index in [4.69, 9.17) is 0 Å². The lowest BCUT2D eigenvalue weighted by Gasteiger charge is -2.32. The van der Waals surface area contributed by atoms with Crippen molar-refractivity contribution < 1.29 is 35.9 Å². The molecule has 1 heterocycles. The van der Waals surface area contributed by atoms with Gasteiger partial charge in [0.1, 0.15) is 0 Å². The SMILES string of the molecule is O=C(NC1CCN(C(=O)C(F)(F)F)CC1)C(F)(F)F. The zero-order valence-electron chi connectivity index (χ0n) is 9.44. The van der Waals surface area contributed by atoms with Gasteiger partial charge in [0.05, 0.1) is 0 Å². The summed E-state index contributed by atoms with van der Waals surface area (Å²) in [4.78, 5) is 22.0. The topological polar surface area (TPSA) is 49.4 Å². The summed E-state index contributed by atoms with van der Waals surface area (Å²) in [6.45, 7) is -0.692. The molecular weight excluding hydrogens is 282 g/mol. The number of carbonyl (C=O) groups is 2. The monoisotopic (exact) mass is 292 g/mol. The van der Waals surface area contributed by atoms with Crippen LogP contribution in [0.5, 0.6) is 0 Å². The van der Waals surface area contributed by atoms with Crippen molar-refractivity contribution in [1.82, 2.24) is 10.2 Å². The molecule has 0 saturated carbocycles. The number of rotatable bonds is 1. The van der Waals surface area contributed by atoms with Crippen molar-refractivity contribution in [2.75, 3.05) is 13.1 Å². The van der Waals surface area contributed by atoms with Gasteiger partial charge in [-0.3, -0.25) is 9.59 Å². The third-order valence-corrected chi connectivity index (χ3v) is 2.62. The van der Waals surface area contributed by atoms with E-state index < -0.39 is 30.2 Å². The number of likely N-dealkylation sites (tertiary alicyclic amines) is 1. The molecule has 0 atom stereocenters. The predicted molar refractivity (Wildman–Crippen MR) is 49.9 cm³/mol. The minimum absolute atomic E-state index is 0.149. The Morgan fingerprint density at radius 3 is 1.79 bits per heavy atom. The van der Waals surface area contributed by atoms with Crippen molar-refractivity contribution in [1.29, 1.82) is 0 Å². The molecule has 1 saturated heterocycles. The highest BCUT2D eigenvalue weighted by Crippen LogP contribution is 2.22. The van der Waals surface area contributed by atoms with E-state index in [1.807, 2.05) is 0 Å². The molecule has 0 bridgehead atoms. The average molecular weight is 292 g/mol. The number of nitrogens with zero attached hydrogens (tertiary/aromatic N) is 1. The number of alkyl halides is 6. The lowest BCUT2D eigenvalue weighted by atomic mass is 10.0. The second kappa shape index (κ2) is 5.25. The quantitative estimate of drug-likeness (QED) is 0.739. The lowest BCUT2D eigenvalue weighted by molar-refractivity contribution is -0.186. The van der Waals surface area contributed by atoms with E-state index in [2.05, 4.69) is 0 Å². The third-order valence-electron chi connectivity index (χ3n) is 2.62. The summed E-state index contributed by atoms with van der Waals surface area (Å²) >= 11 is 0. The van der Waals surface area contributed by atoms with Crippen LogP contribution in [-0.2, 0) is 9.59 Å². The van der Waals surface area contributed by atoms with E-state index >= 15 is 0 Å². The average Bonchev–Trinajstić information content (AvgIpc) is 2.26. The highest BCUT2D eigenvalue weighted by atomic mass is 19.4. The van der Waals surface area contributed by atoms with Crippen LogP contribution >= 0.6 is 0 Å². The van der Waals surface area contributed by atoms with Crippen molar-refractivity contribution >= 4 is 11.8 Å². The number of halogens is 6. The Hall–Kier alpha value is -1.48.